The fourth-order valence-corrected chi connectivity index (χ4v) is 1.58. The van der Waals surface area contributed by atoms with Crippen molar-refractivity contribution in [3.8, 4) is 0 Å². The molecule has 0 saturated heterocycles. The lowest BCUT2D eigenvalue weighted by Crippen LogP contribution is -2.43. The number of rotatable bonds is 5. The van der Waals surface area contributed by atoms with Crippen molar-refractivity contribution in [2.24, 2.45) is 5.92 Å². The Bertz CT molecular complexity index is 443. The van der Waals surface area contributed by atoms with Crippen LogP contribution >= 0.6 is 0 Å². The van der Waals surface area contributed by atoms with Gasteiger partial charge in [-0.05, 0) is 36.6 Å². The van der Waals surface area contributed by atoms with Crippen LogP contribution in [0.4, 0.5) is 16.2 Å². The average molecular weight is 265 g/mol. The third-order valence-corrected chi connectivity index (χ3v) is 2.48. The summed E-state index contributed by atoms with van der Waals surface area (Å²) < 4.78 is 0. The normalized spacial score (nSPS) is 11.9. The summed E-state index contributed by atoms with van der Waals surface area (Å²) in [6.07, 6.45) is 0.379. The summed E-state index contributed by atoms with van der Waals surface area (Å²) in [4.78, 5) is 22.7. The van der Waals surface area contributed by atoms with E-state index in [9.17, 15) is 9.59 Å². The monoisotopic (exact) mass is 265 g/mol. The highest BCUT2D eigenvalue weighted by molar-refractivity contribution is 5.92. The molecule has 1 rings (SSSR count). The maximum Gasteiger partial charge on any atom is 0.326 e. The van der Waals surface area contributed by atoms with E-state index in [4.69, 9.17) is 10.8 Å². The lowest BCUT2D eigenvalue weighted by atomic mass is 10.0. The largest absolute Gasteiger partial charge is 0.480 e. The van der Waals surface area contributed by atoms with Gasteiger partial charge in [-0.1, -0.05) is 13.8 Å². The molecule has 0 radical (unpaired) electrons. The first-order valence-corrected chi connectivity index (χ1v) is 6.04. The molecular weight excluding hydrogens is 246 g/mol. The van der Waals surface area contributed by atoms with Crippen molar-refractivity contribution in [3.63, 3.8) is 0 Å². The molecule has 0 aliphatic carbocycles. The van der Waals surface area contributed by atoms with E-state index in [1.54, 1.807) is 24.3 Å². The van der Waals surface area contributed by atoms with E-state index in [1.807, 2.05) is 13.8 Å². The second-order valence-electron chi connectivity index (χ2n) is 4.74. The van der Waals surface area contributed by atoms with Gasteiger partial charge in [0.2, 0.25) is 0 Å². The summed E-state index contributed by atoms with van der Waals surface area (Å²) in [6.45, 7) is 3.80. The number of anilines is 2. The van der Waals surface area contributed by atoms with E-state index in [0.29, 0.717) is 17.8 Å². The highest BCUT2D eigenvalue weighted by Gasteiger charge is 2.20. The molecule has 19 heavy (non-hydrogen) atoms. The first-order chi connectivity index (χ1) is 8.88. The summed E-state index contributed by atoms with van der Waals surface area (Å²) in [5, 5.41) is 14.0. The Kier molecular flexibility index (Phi) is 5.17. The van der Waals surface area contributed by atoms with Gasteiger partial charge in [0.1, 0.15) is 6.04 Å². The highest BCUT2D eigenvalue weighted by atomic mass is 16.4. The zero-order valence-corrected chi connectivity index (χ0v) is 11.0. The molecule has 5 N–H and O–H groups in total. The number of hydrogen-bond acceptors (Lipinski definition) is 3. The molecule has 1 atom stereocenters. The van der Waals surface area contributed by atoms with E-state index in [-0.39, 0.29) is 5.92 Å². The third-order valence-electron chi connectivity index (χ3n) is 2.48. The summed E-state index contributed by atoms with van der Waals surface area (Å²) in [7, 11) is 0. The van der Waals surface area contributed by atoms with Gasteiger partial charge in [-0.3, -0.25) is 0 Å². The smallest absolute Gasteiger partial charge is 0.326 e. The van der Waals surface area contributed by atoms with E-state index in [2.05, 4.69) is 10.6 Å². The second kappa shape index (κ2) is 6.63. The molecule has 0 spiro atoms. The van der Waals surface area contributed by atoms with Crippen LogP contribution in [0.3, 0.4) is 0 Å². The summed E-state index contributed by atoms with van der Waals surface area (Å²) in [6, 6.07) is 5.16. The van der Waals surface area contributed by atoms with Crippen molar-refractivity contribution in [2.45, 2.75) is 26.3 Å². The minimum absolute atomic E-state index is 0.179. The van der Waals surface area contributed by atoms with Crippen LogP contribution in [0, 0.1) is 5.92 Å². The van der Waals surface area contributed by atoms with Gasteiger partial charge in [0.15, 0.2) is 0 Å². The average Bonchev–Trinajstić information content (AvgIpc) is 2.30. The number of nitrogen functional groups attached to an aromatic ring is 1. The predicted octanol–water partition coefficient (Wildman–Crippen LogP) is 1.89. The van der Waals surface area contributed by atoms with E-state index in [1.165, 1.54) is 0 Å². The molecule has 0 fully saturated rings. The zero-order chi connectivity index (χ0) is 14.4. The quantitative estimate of drug-likeness (QED) is 0.610. The molecule has 0 saturated carbocycles. The lowest BCUT2D eigenvalue weighted by molar-refractivity contribution is -0.139. The molecule has 6 nitrogen and oxygen atoms in total. The summed E-state index contributed by atoms with van der Waals surface area (Å²) in [5.41, 5.74) is 6.67. The molecular formula is C13H19N3O3. The molecule has 0 aliphatic rings. The minimum atomic E-state index is -1.04. The molecule has 0 heterocycles. The van der Waals surface area contributed by atoms with Crippen LogP contribution in [0.5, 0.6) is 0 Å². The van der Waals surface area contributed by atoms with Crippen molar-refractivity contribution in [3.05, 3.63) is 24.3 Å². The first-order valence-electron chi connectivity index (χ1n) is 6.04. The number of carbonyl (C=O) groups is 2. The van der Waals surface area contributed by atoms with Crippen molar-refractivity contribution in [2.75, 3.05) is 11.1 Å². The molecule has 1 aromatic carbocycles. The molecule has 1 unspecified atom stereocenters. The van der Waals surface area contributed by atoms with Gasteiger partial charge < -0.3 is 21.5 Å². The van der Waals surface area contributed by atoms with Gasteiger partial charge in [-0.25, -0.2) is 9.59 Å². The topological polar surface area (TPSA) is 104 Å². The van der Waals surface area contributed by atoms with Crippen LogP contribution in [-0.4, -0.2) is 23.1 Å². The number of amides is 2. The summed E-state index contributed by atoms with van der Waals surface area (Å²) >= 11 is 0. The number of aliphatic carboxylic acids is 1. The number of nitrogens with one attached hydrogen (secondary N) is 2. The number of urea groups is 1. The standard InChI is InChI=1S/C13H19N3O3/c1-8(2)7-11(12(17)18)16-13(19)15-10-5-3-9(14)4-6-10/h3-6,8,11H,7,14H2,1-2H3,(H,17,18)(H2,15,16,19). The minimum Gasteiger partial charge on any atom is -0.480 e. The molecule has 2 amide bonds. The number of carboxylic acid groups (broad SMARTS) is 1. The zero-order valence-electron chi connectivity index (χ0n) is 11.0. The second-order valence-corrected chi connectivity index (χ2v) is 4.74. The predicted molar refractivity (Wildman–Crippen MR) is 73.9 cm³/mol. The fraction of sp³-hybridized carbons (Fsp3) is 0.385. The third kappa shape index (κ3) is 5.29. The number of nitrogens with two attached hydrogens (primary N) is 1. The van der Waals surface area contributed by atoms with Crippen LogP contribution in [0.25, 0.3) is 0 Å². The Morgan fingerprint density at radius 3 is 2.32 bits per heavy atom. The van der Waals surface area contributed by atoms with Gasteiger partial charge in [0, 0.05) is 11.4 Å². The van der Waals surface area contributed by atoms with Gasteiger partial charge in [-0.15, -0.1) is 0 Å². The molecule has 0 aromatic heterocycles. The number of carbonyl (C=O) groups excluding carboxylic acids is 1. The van der Waals surface area contributed by atoms with E-state index < -0.39 is 18.0 Å². The van der Waals surface area contributed by atoms with Gasteiger partial charge in [0.25, 0.3) is 0 Å². The van der Waals surface area contributed by atoms with Gasteiger partial charge in [0.05, 0.1) is 0 Å². The van der Waals surface area contributed by atoms with Crippen molar-refractivity contribution < 1.29 is 14.7 Å². The van der Waals surface area contributed by atoms with Crippen LogP contribution in [0.1, 0.15) is 20.3 Å². The summed E-state index contributed by atoms with van der Waals surface area (Å²) in [5.74, 6) is -0.862. The van der Waals surface area contributed by atoms with Crippen LogP contribution in [-0.2, 0) is 4.79 Å². The number of hydrogen-bond donors (Lipinski definition) is 4. The fourth-order valence-electron chi connectivity index (χ4n) is 1.58. The van der Waals surface area contributed by atoms with Crippen LogP contribution < -0.4 is 16.4 Å². The van der Waals surface area contributed by atoms with Crippen LogP contribution in [0.2, 0.25) is 0 Å². The van der Waals surface area contributed by atoms with Gasteiger partial charge >= 0.3 is 12.0 Å². The lowest BCUT2D eigenvalue weighted by Gasteiger charge is -2.16. The van der Waals surface area contributed by atoms with E-state index in [0.717, 1.165) is 0 Å². The SMILES string of the molecule is CC(C)CC(NC(=O)Nc1ccc(N)cc1)C(=O)O. The maximum atomic E-state index is 11.7. The molecule has 0 aliphatic heterocycles. The molecule has 1 aromatic rings. The highest BCUT2D eigenvalue weighted by Crippen LogP contribution is 2.11. The van der Waals surface area contributed by atoms with Crippen molar-refractivity contribution in [1.29, 1.82) is 0 Å². The van der Waals surface area contributed by atoms with Crippen molar-refractivity contribution >= 4 is 23.4 Å². The Labute approximate surface area is 112 Å². The Hall–Kier alpha value is -2.24. The number of benzene rings is 1. The number of carboxylic acids is 1. The van der Waals surface area contributed by atoms with Crippen molar-refractivity contribution in [1.82, 2.24) is 5.32 Å². The van der Waals surface area contributed by atoms with E-state index >= 15 is 0 Å². The van der Waals surface area contributed by atoms with Gasteiger partial charge in [-0.2, -0.15) is 0 Å². The van der Waals surface area contributed by atoms with Crippen LogP contribution in [0.15, 0.2) is 24.3 Å². The first kappa shape index (κ1) is 14.8. The Morgan fingerprint density at radius 1 is 1.26 bits per heavy atom. The maximum absolute atomic E-state index is 11.7. The Morgan fingerprint density at radius 2 is 1.84 bits per heavy atom. The molecule has 6 heteroatoms. The molecule has 104 valence electrons. The Balaban J connectivity index is 2.57. The molecule has 0 bridgehead atoms.